The summed E-state index contributed by atoms with van der Waals surface area (Å²) >= 11 is 1.38. The molecule has 0 spiro atoms. The molecule has 2 aromatic heterocycles. The second-order valence-electron chi connectivity index (χ2n) is 5.58. The summed E-state index contributed by atoms with van der Waals surface area (Å²) in [6.07, 6.45) is 3.56. The summed E-state index contributed by atoms with van der Waals surface area (Å²) < 4.78 is 7.00. The van der Waals surface area contributed by atoms with E-state index in [1.165, 1.54) is 11.3 Å². The summed E-state index contributed by atoms with van der Waals surface area (Å²) in [5.41, 5.74) is 0.414. The third-order valence-corrected chi connectivity index (χ3v) is 4.27. The first-order valence-electron chi connectivity index (χ1n) is 7.39. The van der Waals surface area contributed by atoms with Crippen molar-refractivity contribution in [1.29, 1.82) is 0 Å². The lowest BCUT2D eigenvalue weighted by molar-refractivity contribution is 0.0836. The molecule has 0 radical (unpaired) electrons. The minimum atomic E-state index is -0.165. The number of carbonyl (C=O) groups excluding carboxylic acids is 1. The summed E-state index contributed by atoms with van der Waals surface area (Å²) in [5, 5.41) is 9.72. The fourth-order valence-corrected chi connectivity index (χ4v) is 3.04. The predicted octanol–water partition coefficient (Wildman–Crippen LogP) is 1.76. The molecule has 1 N–H and O–H groups in total. The van der Waals surface area contributed by atoms with Gasteiger partial charge in [-0.15, -0.1) is 16.4 Å². The Morgan fingerprint density at radius 3 is 2.95 bits per heavy atom. The van der Waals surface area contributed by atoms with E-state index in [2.05, 4.69) is 20.4 Å². The lowest BCUT2D eigenvalue weighted by Gasteiger charge is -2.18. The molecule has 2 aromatic rings. The van der Waals surface area contributed by atoms with E-state index in [0.29, 0.717) is 16.7 Å². The normalized spacial score (nSPS) is 16.1. The van der Waals surface area contributed by atoms with Crippen molar-refractivity contribution < 1.29 is 9.53 Å². The van der Waals surface area contributed by atoms with E-state index in [4.69, 9.17) is 4.74 Å². The maximum atomic E-state index is 11.9. The zero-order valence-electron chi connectivity index (χ0n) is 12.7. The van der Waals surface area contributed by atoms with Crippen LogP contribution in [0, 0.1) is 0 Å². The van der Waals surface area contributed by atoms with E-state index in [-0.39, 0.29) is 11.9 Å². The number of carbonyl (C=O) groups is 1. The molecule has 1 fully saturated rings. The molecule has 3 heterocycles. The average molecular weight is 321 g/mol. The number of aromatic nitrogens is 4. The van der Waals surface area contributed by atoms with Gasteiger partial charge in [0.05, 0.1) is 0 Å². The number of amides is 1. The van der Waals surface area contributed by atoms with Crippen LogP contribution in [0.15, 0.2) is 11.7 Å². The van der Waals surface area contributed by atoms with Crippen molar-refractivity contribution in [3.8, 4) is 5.13 Å². The molecule has 1 amide bonds. The summed E-state index contributed by atoms with van der Waals surface area (Å²) in [7, 11) is 0. The zero-order chi connectivity index (χ0) is 15.5. The number of hydrogen-bond donors (Lipinski definition) is 1. The molecule has 0 aliphatic carbocycles. The number of thiazole rings is 1. The Bertz CT molecular complexity index is 645. The van der Waals surface area contributed by atoms with Crippen molar-refractivity contribution in [2.24, 2.45) is 0 Å². The Kier molecular flexibility index (Phi) is 4.49. The third kappa shape index (κ3) is 3.33. The van der Waals surface area contributed by atoms with Gasteiger partial charge < -0.3 is 10.1 Å². The van der Waals surface area contributed by atoms with Crippen molar-refractivity contribution in [3.63, 3.8) is 0 Å². The maximum absolute atomic E-state index is 11.9. The van der Waals surface area contributed by atoms with Crippen molar-refractivity contribution in [2.75, 3.05) is 13.2 Å². The quantitative estimate of drug-likeness (QED) is 0.928. The van der Waals surface area contributed by atoms with Crippen LogP contribution in [0.3, 0.4) is 0 Å². The number of hydrogen-bond acceptors (Lipinski definition) is 6. The topological polar surface area (TPSA) is 81.9 Å². The lowest BCUT2D eigenvalue weighted by Crippen LogP contribution is -2.30. The monoisotopic (exact) mass is 321 g/mol. The maximum Gasteiger partial charge on any atom is 0.271 e. The Labute approximate surface area is 132 Å². The SMILES string of the molecule is CC(C)NC(=O)c1csc(-n2cnc(C3CCOCC3)n2)n1. The van der Waals surface area contributed by atoms with Gasteiger partial charge in [0, 0.05) is 30.6 Å². The van der Waals surface area contributed by atoms with Gasteiger partial charge in [0.25, 0.3) is 5.91 Å². The van der Waals surface area contributed by atoms with Crippen LogP contribution in [0.5, 0.6) is 0 Å². The highest BCUT2D eigenvalue weighted by molar-refractivity contribution is 7.12. The minimum absolute atomic E-state index is 0.0872. The predicted molar refractivity (Wildman–Crippen MR) is 82.4 cm³/mol. The smallest absolute Gasteiger partial charge is 0.271 e. The van der Waals surface area contributed by atoms with Gasteiger partial charge in [0.1, 0.15) is 12.0 Å². The average Bonchev–Trinajstić information content (AvgIpc) is 3.17. The summed E-state index contributed by atoms with van der Waals surface area (Å²) in [5.74, 6) is 1.01. The van der Waals surface area contributed by atoms with Crippen molar-refractivity contribution in [2.45, 2.75) is 38.6 Å². The molecule has 22 heavy (non-hydrogen) atoms. The van der Waals surface area contributed by atoms with Crippen LogP contribution in [0.25, 0.3) is 5.13 Å². The van der Waals surface area contributed by atoms with Gasteiger partial charge in [-0.1, -0.05) is 0 Å². The molecule has 1 saturated heterocycles. The van der Waals surface area contributed by atoms with Crippen LogP contribution >= 0.6 is 11.3 Å². The van der Waals surface area contributed by atoms with E-state index >= 15 is 0 Å². The van der Waals surface area contributed by atoms with Gasteiger partial charge in [0.2, 0.25) is 5.13 Å². The van der Waals surface area contributed by atoms with Gasteiger partial charge in [-0.3, -0.25) is 4.79 Å². The van der Waals surface area contributed by atoms with Crippen LogP contribution in [0.1, 0.15) is 48.9 Å². The molecule has 118 valence electrons. The standard InChI is InChI=1S/C14H19N5O2S/c1-9(2)16-13(20)11-7-22-14(17-11)19-8-15-12(18-19)10-3-5-21-6-4-10/h7-10H,3-6H2,1-2H3,(H,16,20). The van der Waals surface area contributed by atoms with Crippen LogP contribution in [0.2, 0.25) is 0 Å². The highest BCUT2D eigenvalue weighted by atomic mass is 32.1. The van der Waals surface area contributed by atoms with E-state index in [9.17, 15) is 4.79 Å². The fraction of sp³-hybridized carbons (Fsp3) is 0.571. The Balaban J connectivity index is 1.73. The summed E-state index contributed by atoms with van der Waals surface area (Å²) in [6, 6.07) is 0.0872. The van der Waals surface area contributed by atoms with E-state index in [1.54, 1.807) is 16.4 Å². The molecule has 7 nitrogen and oxygen atoms in total. The van der Waals surface area contributed by atoms with Crippen LogP contribution < -0.4 is 5.32 Å². The zero-order valence-corrected chi connectivity index (χ0v) is 13.5. The van der Waals surface area contributed by atoms with E-state index < -0.39 is 0 Å². The highest BCUT2D eigenvalue weighted by Gasteiger charge is 2.21. The number of nitrogens with zero attached hydrogens (tertiary/aromatic N) is 4. The molecule has 0 bridgehead atoms. The third-order valence-electron chi connectivity index (χ3n) is 3.44. The number of ether oxygens (including phenoxy) is 1. The molecule has 1 aliphatic heterocycles. The first-order chi connectivity index (χ1) is 10.6. The van der Waals surface area contributed by atoms with Crippen molar-refractivity contribution in [1.82, 2.24) is 25.1 Å². The van der Waals surface area contributed by atoms with Crippen LogP contribution in [0.4, 0.5) is 0 Å². The molecular weight excluding hydrogens is 302 g/mol. The fourth-order valence-electron chi connectivity index (χ4n) is 2.32. The highest BCUT2D eigenvalue weighted by Crippen LogP contribution is 2.24. The van der Waals surface area contributed by atoms with Crippen molar-refractivity contribution in [3.05, 3.63) is 23.2 Å². The Morgan fingerprint density at radius 2 is 2.23 bits per heavy atom. The van der Waals surface area contributed by atoms with Gasteiger partial charge in [-0.25, -0.2) is 9.97 Å². The molecule has 1 aliphatic rings. The minimum Gasteiger partial charge on any atom is -0.381 e. The second kappa shape index (κ2) is 6.53. The van der Waals surface area contributed by atoms with Gasteiger partial charge in [-0.2, -0.15) is 4.68 Å². The van der Waals surface area contributed by atoms with E-state index in [1.807, 2.05) is 13.8 Å². The van der Waals surface area contributed by atoms with Gasteiger partial charge in [-0.05, 0) is 26.7 Å². The molecule has 0 saturated carbocycles. The van der Waals surface area contributed by atoms with Crippen LogP contribution in [-0.4, -0.2) is 44.9 Å². The Hall–Kier alpha value is -1.80. The first kappa shape index (κ1) is 15.1. The lowest BCUT2D eigenvalue weighted by atomic mass is 10.00. The summed E-state index contributed by atoms with van der Waals surface area (Å²) in [4.78, 5) is 20.6. The summed E-state index contributed by atoms with van der Waals surface area (Å²) in [6.45, 7) is 5.36. The van der Waals surface area contributed by atoms with Gasteiger partial charge in [0.15, 0.2) is 5.82 Å². The molecule has 3 rings (SSSR count). The van der Waals surface area contributed by atoms with Gasteiger partial charge >= 0.3 is 0 Å². The number of nitrogens with one attached hydrogen (secondary N) is 1. The second-order valence-corrected chi connectivity index (χ2v) is 6.41. The molecule has 0 atom stereocenters. The first-order valence-corrected chi connectivity index (χ1v) is 8.27. The van der Waals surface area contributed by atoms with Crippen LogP contribution in [-0.2, 0) is 4.74 Å². The van der Waals surface area contributed by atoms with Crippen molar-refractivity contribution >= 4 is 17.2 Å². The molecule has 0 unspecified atom stereocenters. The molecule has 0 aromatic carbocycles. The molecular formula is C14H19N5O2S. The largest absolute Gasteiger partial charge is 0.381 e. The van der Waals surface area contributed by atoms with E-state index in [0.717, 1.165) is 31.9 Å². The Morgan fingerprint density at radius 1 is 1.45 bits per heavy atom. The molecule has 8 heteroatoms. The number of rotatable bonds is 4.